The Morgan fingerprint density at radius 1 is 1.04 bits per heavy atom. The summed E-state index contributed by atoms with van der Waals surface area (Å²) in [6.45, 7) is 3.37. The fourth-order valence-corrected chi connectivity index (χ4v) is 3.60. The van der Waals surface area contributed by atoms with Crippen molar-refractivity contribution in [2.75, 3.05) is 6.61 Å². The van der Waals surface area contributed by atoms with E-state index in [0.717, 1.165) is 18.5 Å². The number of hydrogen-bond donors (Lipinski definition) is 0. The predicted molar refractivity (Wildman–Crippen MR) is 101 cm³/mol. The van der Waals surface area contributed by atoms with Crippen molar-refractivity contribution in [3.63, 3.8) is 0 Å². The van der Waals surface area contributed by atoms with E-state index in [2.05, 4.69) is 6.92 Å². The zero-order chi connectivity index (χ0) is 18.4. The molecule has 0 fully saturated rings. The van der Waals surface area contributed by atoms with Crippen LogP contribution in [0.25, 0.3) is 0 Å². The van der Waals surface area contributed by atoms with Crippen LogP contribution in [0.2, 0.25) is 0 Å². The van der Waals surface area contributed by atoms with Crippen molar-refractivity contribution >= 4 is 11.8 Å². The van der Waals surface area contributed by atoms with Gasteiger partial charge >= 0.3 is 5.97 Å². The second kappa shape index (κ2) is 8.84. The van der Waals surface area contributed by atoms with Crippen molar-refractivity contribution in [3.05, 3.63) is 59.4 Å². The maximum atomic E-state index is 12.7. The van der Waals surface area contributed by atoms with Gasteiger partial charge in [0.25, 0.3) is 0 Å². The summed E-state index contributed by atoms with van der Waals surface area (Å²) in [7, 11) is 0. The largest absolute Gasteiger partial charge is 0.465 e. The van der Waals surface area contributed by atoms with E-state index < -0.39 is 0 Å². The quantitative estimate of drug-likeness (QED) is 0.372. The minimum atomic E-state index is -0.247. The number of ether oxygens (including phenoxy) is 1. The molecule has 0 radical (unpaired) electrons. The number of carbonyl (C=O) groups excluding carboxylic acids is 2. The molecule has 0 bridgehead atoms. The molecule has 0 aliphatic carbocycles. The van der Waals surface area contributed by atoms with Gasteiger partial charge in [0.15, 0.2) is 0 Å². The molecule has 1 aromatic heterocycles. The number of rotatable bonds is 9. The Labute approximate surface area is 155 Å². The van der Waals surface area contributed by atoms with E-state index in [0.29, 0.717) is 30.8 Å². The fraction of sp³-hybridized carbons (Fsp3) is 0.455. The first-order chi connectivity index (χ1) is 12.7. The Hall–Kier alpha value is -2.36. The smallest absolute Gasteiger partial charge is 0.315 e. The molecule has 138 valence electrons. The van der Waals surface area contributed by atoms with Gasteiger partial charge in [-0.3, -0.25) is 9.59 Å². The summed E-state index contributed by atoms with van der Waals surface area (Å²) in [4.78, 5) is 25.1. The Bertz CT molecular complexity index is 748. The van der Waals surface area contributed by atoms with Gasteiger partial charge in [0.05, 0.1) is 18.2 Å². The van der Waals surface area contributed by atoms with E-state index in [1.807, 2.05) is 47.0 Å². The van der Waals surface area contributed by atoms with Gasteiger partial charge in [0, 0.05) is 17.8 Å². The summed E-state index contributed by atoms with van der Waals surface area (Å²) < 4.78 is 7.45. The molecule has 1 aliphatic heterocycles. The minimum Gasteiger partial charge on any atom is -0.465 e. The number of aromatic nitrogens is 1. The molecule has 4 heteroatoms. The predicted octanol–water partition coefficient (Wildman–Crippen LogP) is 4.72. The number of benzene rings is 1. The number of esters is 1. The van der Waals surface area contributed by atoms with Gasteiger partial charge in [-0.25, -0.2) is 0 Å². The maximum Gasteiger partial charge on any atom is 0.315 e. The van der Waals surface area contributed by atoms with Gasteiger partial charge in [-0.1, -0.05) is 62.9 Å². The molecule has 1 atom stereocenters. The molecule has 1 unspecified atom stereocenters. The second-order valence-electron chi connectivity index (χ2n) is 6.91. The zero-order valence-electron chi connectivity index (χ0n) is 15.4. The van der Waals surface area contributed by atoms with Crippen molar-refractivity contribution < 1.29 is 14.3 Å². The van der Waals surface area contributed by atoms with Crippen LogP contribution in [-0.2, 0) is 16.1 Å². The van der Waals surface area contributed by atoms with E-state index in [1.165, 1.54) is 19.3 Å². The van der Waals surface area contributed by atoms with Crippen LogP contribution in [0.1, 0.15) is 73.1 Å². The highest BCUT2D eigenvalue weighted by atomic mass is 16.5. The third-order valence-electron chi connectivity index (χ3n) is 5.06. The third-order valence-corrected chi connectivity index (χ3v) is 5.06. The van der Waals surface area contributed by atoms with Gasteiger partial charge in [-0.05, 0) is 25.0 Å². The van der Waals surface area contributed by atoms with Crippen LogP contribution in [-0.4, -0.2) is 22.9 Å². The van der Waals surface area contributed by atoms with Gasteiger partial charge < -0.3 is 9.30 Å². The van der Waals surface area contributed by atoms with Crippen LogP contribution in [0, 0.1) is 0 Å². The summed E-state index contributed by atoms with van der Waals surface area (Å²) in [5.41, 5.74) is 2.23. The number of hydrogen-bond acceptors (Lipinski definition) is 3. The first kappa shape index (κ1) is 18.4. The summed E-state index contributed by atoms with van der Waals surface area (Å²) in [5.74, 6) is -0.402. The van der Waals surface area contributed by atoms with Crippen molar-refractivity contribution in [1.82, 2.24) is 4.57 Å². The highest BCUT2D eigenvalue weighted by Crippen LogP contribution is 2.32. The summed E-state index contributed by atoms with van der Waals surface area (Å²) in [5, 5.41) is 0. The average Bonchev–Trinajstić information content (AvgIpc) is 3.26. The van der Waals surface area contributed by atoms with E-state index in [1.54, 1.807) is 0 Å². The van der Waals surface area contributed by atoms with Crippen molar-refractivity contribution in [3.8, 4) is 0 Å². The first-order valence-corrected chi connectivity index (χ1v) is 9.68. The average molecular weight is 353 g/mol. The number of nitrogens with zero attached hydrogens (tertiary/aromatic N) is 1. The Morgan fingerprint density at radius 3 is 2.58 bits per heavy atom. The van der Waals surface area contributed by atoms with Gasteiger partial charge in [0.2, 0.25) is 5.78 Å². The van der Waals surface area contributed by atoms with Gasteiger partial charge in [-0.15, -0.1) is 0 Å². The molecule has 0 saturated carbocycles. The Morgan fingerprint density at radius 2 is 1.81 bits per heavy atom. The zero-order valence-corrected chi connectivity index (χ0v) is 15.4. The topological polar surface area (TPSA) is 48.3 Å². The molecule has 0 amide bonds. The monoisotopic (exact) mass is 353 g/mol. The number of ketones is 1. The molecular formula is C22H27NO3. The maximum absolute atomic E-state index is 12.7. The van der Waals surface area contributed by atoms with Crippen molar-refractivity contribution in [1.29, 1.82) is 0 Å². The number of unbranched alkanes of at least 4 members (excludes halogenated alkanes) is 4. The summed E-state index contributed by atoms with van der Waals surface area (Å²) in [6.07, 6.45) is 6.39. The first-order valence-electron chi connectivity index (χ1n) is 9.68. The molecular weight excluding hydrogens is 326 g/mol. The molecule has 3 rings (SSSR count). The van der Waals surface area contributed by atoms with Crippen LogP contribution in [0.15, 0.2) is 42.5 Å². The minimum absolute atomic E-state index is 0.00166. The van der Waals surface area contributed by atoms with E-state index in [4.69, 9.17) is 4.74 Å². The van der Waals surface area contributed by atoms with E-state index in [-0.39, 0.29) is 17.7 Å². The van der Waals surface area contributed by atoms with Crippen LogP contribution in [0.4, 0.5) is 0 Å². The fourth-order valence-electron chi connectivity index (χ4n) is 3.60. The molecule has 2 aromatic rings. The highest BCUT2D eigenvalue weighted by molar-refractivity contribution is 6.08. The van der Waals surface area contributed by atoms with Crippen molar-refractivity contribution in [2.45, 2.75) is 57.9 Å². The standard InChI is InChI=1S/C22H27NO3/c1-2-3-4-5-9-16-26-22(25)18-14-15-23-19(18)12-13-20(23)21(24)17-10-7-6-8-11-17/h6-8,10-13,18H,2-5,9,14-16H2,1H3. The summed E-state index contributed by atoms with van der Waals surface area (Å²) >= 11 is 0. The van der Waals surface area contributed by atoms with Crippen molar-refractivity contribution in [2.24, 2.45) is 0 Å². The lowest BCUT2D eigenvalue weighted by molar-refractivity contribution is -0.145. The van der Waals surface area contributed by atoms with Crippen LogP contribution in [0.5, 0.6) is 0 Å². The van der Waals surface area contributed by atoms with Gasteiger partial charge in [0.1, 0.15) is 0 Å². The molecule has 1 aromatic carbocycles. The third kappa shape index (κ3) is 4.06. The molecule has 0 saturated heterocycles. The van der Waals surface area contributed by atoms with Crippen LogP contribution < -0.4 is 0 Å². The lowest BCUT2D eigenvalue weighted by Crippen LogP contribution is -2.14. The summed E-state index contributed by atoms with van der Waals surface area (Å²) in [6, 6.07) is 13.0. The number of fused-ring (bicyclic) bond motifs is 1. The molecule has 4 nitrogen and oxygen atoms in total. The lowest BCUT2D eigenvalue weighted by atomic mass is 10.1. The number of carbonyl (C=O) groups is 2. The van der Waals surface area contributed by atoms with E-state index in [9.17, 15) is 9.59 Å². The lowest BCUT2D eigenvalue weighted by Gasteiger charge is -2.10. The van der Waals surface area contributed by atoms with Crippen LogP contribution >= 0.6 is 0 Å². The molecule has 1 aliphatic rings. The van der Waals surface area contributed by atoms with E-state index >= 15 is 0 Å². The highest BCUT2D eigenvalue weighted by Gasteiger charge is 2.32. The van der Waals surface area contributed by atoms with Gasteiger partial charge in [-0.2, -0.15) is 0 Å². The van der Waals surface area contributed by atoms with Crippen LogP contribution in [0.3, 0.4) is 0 Å². The molecule has 2 heterocycles. The second-order valence-corrected chi connectivity index (χ2v) is 6.91. The molecule has 26 heavy (non-hydrogen) atoms. The normalized spacial score (nSPS) is 15.7. The molecule has 0 N–H and O–H groups in total. The Balaban J connectivity index is 1.59. The Kier molecular flexibility index (Phi) is 6.26. The SMILES string of the molecule is CCCCCCCOC(=O)C1CCn2c(C(=O)c3ccccc3)ccc21. The molecule has 0 spiro atoms.